The van der Waals surface area contributed by atoms with E-state index < -0.39 is 0 Å². The van der Waals surface area contributed by atoms with Gasteiger partial charge in [-0.3, -0.25) is 0 Å². The smallest absolute Gasteiger partial charge is 0.231 e. The predicted molar refractivity (Wildman–Crippen MR) is 59.7 cm³/mol. The summed E-state index contributed by atoms with van der Waals surface area (Å²) >= 11 is 0. The third kappa shape index (κ3) is 2.58. The van der Waals surface area contributed by atoms with Crippen LogP contribution in [0.4, 0.5) is 4.39 Å². The van der Waals surface area contributed by atoms with Crippen LogP contribution in [0.3, 0.4) is 0 Å². The number of hydrogen-bond acceptors (Lipinski definition) is 3. The van der Waals surface area contributed by atoms with Gasteiger partial charge >= 0.3 is 0 Å². The van der Waals surface area contributed by atoms with Gasteiger partial charge in [-0.05, 0) is 18.2 Å². The maximum absolute atomic E-state index is 13.3. The molecule has 0 fully saturated rings. The first-order valence-electron chi connectivity index (χ1n) is 5.02. The molecule has 0 saturated heterocycles. The van der Waals surface area contributed by atoms with Crippen molar-refractivity contribution in [3.8, 4) is 11.9 Å². The monoisotopic (exact) mass is 228 g/mol. The third-order valence-corrected chi connectivity index (χ3v) is 2.21. The van der Waals surface area contributed by atoms with Crippen LogP contribution in [-0.2, 0) is 6.61 Å². The molecule has 1 aromatic carbocycles. The van der Waals surface area contributed by atoms with E-state index in [0.717, 1.165) is 0 Å². The lowest BCUT2D eigenvalue weighted by Gasteiger charge is -2.06. The van der Waals surface area contributed by atoms with Gasteiger partial charge in [0.25, 0.3) is 0 Å². The maximum atomic E-state index is 13.3. The molecular weight excluding hydrogens is 219 g/mol. The van der Waals surface area contributed by atoms with Crippen molar-refractivity contribution in [2.45, 2.75) is 6.61 Å². The highest BCUT2D eigenvalue weighted by atomic mass is 19.1. The minimum atomic E-state index is -0.332. The number of nitriles is 1. The van der Waals surface area contributed by atoms with Crippen LogP contribution in [0.15, 0.2) is 42.6 Å². The lowest BCUT2D eigenvalue weighted by atomic mass is 10.2. The van der Waals surface area contributed by atoms with Gasteiger partial charge in [0.05, 0.1) is 0 Å². The van der Waals surface area contributed by atoms with E-state index in [-0.39, 0.29) is 18.3 Å². The number of aromatic nitrogens is 1. The molecule has 3 nitrogen and oxygen atoms in total. The first kappa shape index (κ1) is 11.1. The Hall–Kier alpha value is -2.41. The van der Waals surface area contributed by atoms with E-state index in [1.165, 1.54) is 12.3 Å². The quantitative estimate of drug-likeness (QED) is 0.811. The molecule has 17 heavy (non-hydrogen) atoms. The van der Waals surface area contributed by atoms with Crippen LogP contribution in [0.2, 0.25) is 0 Å². The highest BCUT2D eigenvalue weighted by Gasteiger charge is 2.06. The molecule has 2 rings (SSSR count). The van der Waals surface area contributed by atoms with E-state index >= 15 is 0 Å². The summed E-state index contributed by atoms with van der Waals surface area (Å²) in [5.41, 5.74) is 0.769. The summed E-state index contributed by atoms with van der Waals surface area (Å²) in [5.74, 6) is -0.111. The second-order valence-electron chi connectivity index (χ2n) is 3.35. The summed E-state index contributed by atoms with van der Waals surface area (Å²) in [6.45, 7) is 0.0539. The largest absolute Gasteiger partial charge is 0.472 e. The van der Waals surface area contributed by atoms with Crippen LogP contribution in [0.5, 0.6) is 5.88 Å². The van der Waals surface area contributed by atoms with Crippen molar-refractivity contribution in [1.82, 2.24) is 4.98 Å². The number of ether oxygens (including phenoxy) is 1. The van der Waals surface area contributed by atoms with Crippen molar-refractivity contribution in [3.05, 3.63) is 59.5 Å². The van der Waals surface area contributed by atoms with Gasteiger partial charge in [0, 0.05) is 11.8 Å². The molecule has 0 radical (unpaired) electrons. The highest BCUT2D eigenvalue weighted by Crippen LogP contribution is 2.15. The van der Waals surface area contributed by atoms with Gasteiger partial charge < -0.3 is 4.74 Å². The molecule has 4 heteroatoms. The van der Waals surface area contributed by atoms with Gasteiger partial charge in [0.2, 0.25) is 5.88 Å². The average Bonchev–Trinajstić information content (AvgIpc) is 2.38. The topological polar surface area (TPSA) is 45.9 Å². The summed E-state index contributed by atoms with van der Waals surface area (Å²) in [6.07, 6.45) is 1.53. The summed E-state index contributed by atoms with van der Waals surface area (Å²) < 4.78 is 18.6. The van der Waals surface area contributed by atoms with Crippen LogP contribution >= 0.6 is 0 Å². The molecule has 0 aliphatic carbocycles. The minimum absolute atomic E-state index is 0.0539. The van der Waals surface area contributed by atoms with E-state index in [0.29, 0.717) is 11.1 Å². The second kappa shape index (κ2) is 5.08. The van der Waals surface area contributed by atoms with Gasteiger partial charge in [0.15, 0.2) is 0 Å². The highest BCUT2D eigenvalue weighted by molar-refractivity contribution is 5.37. The van der Waals surface area contributed by atoms with Crippen LogP contribution in [0.25, 0.3) is 0 Å². The molecule has 0 unspecified atom stereocenters. The molecule has 2 aromatic rings. The Bertz CT molecular complexity index is 563. The molecule has 0 saturated carbocycles. The Morgan fingerprint density at radius 2 is 2.06 bits per heavy atom. The van der Waals surface area contributed by atoms with Crippen LogP contribution in [-0.4, -0.2) is 4.98 Å². The van der Waals surface area contributed by atoms with Crippen molar-refractivity contribution in [1.29, 1.82) is 5.26 Å². The number of nitrogens with zero attached hydrogens (tertiary/aromatic N) is 2. The fourth-order valence-electron chi connectivity index (χ4n) is 1.35. The van der Waals surface area contributed by atoms with E-state index in [9.17, 15) is 4.39 Å². The molecule has 0 aliphatic rings. The zero-order valence-electron chi connectivity index (χ0n) is 8.93. The fourth-order valence-corrected chi connectivity index (χ4v) is 1.35. The number of hydrogen-bond donors (Lipinski definition) is 0. The molecule has 0 N–H and O–H groups in total. The SMILES string of the molecule is N#Cc1cccnc1OCc1ccccc1F. The van der Waals surface area contributed by atoms with Crippen molar-refractivity contribution >= 4 is 0 Å². The van der Waals surface area contributed by atoms with Gasteiger partial charge in [-0.1, -0.05) is 18.2 Å². The molecule has 0 amide bonds. The molecule has 0 atom stereocenters. The standard InChI is InChI=1S/C13H9FN2O/c14-12-6-2-1-4-11(12)9-17-13-10(8-15)5-3-7-16-13/h1-7H,9H2. The lowest BCUT2D eigenvalue weighted by molar-refractivity contribution is 0.287. The Balaban J connectivity index is 2.13. The van der Waals surface area contributed by atoms with Gasteiger partial charge in [-0.15, -0.1) is 0 Å². The van der Waals surface area contributed by atoms with Gasteiger partial charge in [-0.2, -0.15) is 5.26 Å². The fraction of sp³-hybridized carbons (Fsp3) is 0.0769. The minimum Gasteiger partial charge on any atom is -0.472 e. The van der Waals surface area contributed by atoms with Crippen molar-refractivity contribution in [3.63, 3.8) is 0 Å². The van der Waals surface area contributed by atoms with Crippen LogP contribution in [0.1, 0.15) is 11.1 Å². The van der Waals surface area contributed by atoms with E-state index in [4.69, 9.17) is 10.00 Å². The maximum Gasteiger partial charge on any atom is 0.231 e. The zero-order valence-corrected chi connectivity index (χ0v) is 8.93. The summed E-state index contributed by atoms with van der Waals surface area (Å²) in [7, 11) is 0. The zero-order chi connectivity index (χ0) is 12.1. The normalized spacial score (nSPS) is 9.65. The molecule has 84 valence electrons. The molecule has 0 spiro atoms. The lowest BCUT2D eigenvalue weighted by Crippen LogP contribution is -2.01. The van der Waals surface area contributed by atoms with E-state index in [1.54, 1.807) is 30.3 Å². The molecule has 0 bridgehead atoms. The number of benzene rings is 1. The van der Waals surface area contributed by atoms with Crippen LogP contribution in [0, 0.1) is 17.1 Å². The van der Waals surface area contributed by atoms with Crippen molar-refractivity contribution in [2.75, 3.05) is 0 Å². The number of halogens is 1. The Kier molecular flexibility index (Phi) is 3.31. The predicted octanol–water partition coefficient (Wildman–Crippen LogP) is 2.67. The second-order valence-corrected chi connectivity index (χ2v) is 3.35. The molecule has 0 aliphatic heterocycles. The van der Waals surface area contributed by atoms with Gasteiger partial charge in [-0.25, -0.2) is 9.37 Å². The summed E-state index contributed by atoms with van der Waals surface area (Å²) in [5, 5.41) is 8.83. The van der Waals surface area contributed by atoms with E-state index in [2.05, 4.69) is 4.98 Å². The molecular formula is C13H9FN2O. The Labute approximate surface area is 98.1 Å². The van der Waals surface area contributed by atoms with E-state index in [1.807, 2.05) is 6.07 Å². The third-order valence-electron chi connectivity index (χ3n) is 2.21. The molecule has 1 aromatic heterocycles. The Morgan fingerprint density at radius 3 is 2.82 bits per heavy atom. The van der Waals surface area contributed by atoms with Crippen molar-refractivity contribution < 1.29 is 9.13 Å². The Morgan fingerprint density at radius 1 is 1.24 bits per heavy atom. The number of pyridine rings is 1. The van der Waals surface area contributed by atoms with Crippen LogP contribution < -0.4 is 4.74 Å². The first-order chi connectivity index (χ1) is 8.31. The summed E-state index contributed by atoms with van der Waals surface area (Å²) in [4.78, 5) is 3.93. The van der Waals surface area contributed by atoms with Gasteiger partial charge in [0.1, 0.15) is 24.1 Å². The summed E-state index contributed by atoms with van der Waals surface area (Å²) in [6, 6.07) is 11.5. The molecule has 1 heterocycles. The van der Waals surface area contributed by atoms with Crippen molar-refractivity contribution in [2.24, 2.45) is 0 Å². The first-order valence-corrected chi connectivity index (χ1v) is 5.02. The average molecular weight is 228 g/mol. The number of rotatable bonds is 3.